The van der Waals surface area contributed by atoms with Gasteiger partial charge in [-0.25, -0.2) is 0 Å². The lowest BCUT2D eigenvalue weighted by molar-refractivity contribution is 0.861. The van der Waals surface area contributed by atoms with Gasteiger partial charge in [-0.05, 0) is 6.42 Å². The summed E-state index contributed by atoms with van der Waals surface area (Å²) in [7, 11) is 0. The molecule has 0 unspecified atom stereocenters. The predicted molar refractivity (Wildman–Crippen MR) is 56.3 cm³/mol. The fourth-order valence-corrected chi connectivity index (χ4v) is 1.85. The highest BCUT2D eigenvalue weighted by atomic mass is 127. The normalized spacial score (nSPS) is 17.1. The highest BCUT2D eigenvalue weighted by Crippen LogP contribution is 2.08. The summed E-state index contributed by atoms with van der Waals surface area (Å²) in [5.74, 6) is 1.16. The average Bonchev–Trinajstić information content (AvgIpc) is 2.41. The third kappa shape index (κ3) is 3.09. The Hall–Kier alpha value is 0.550. The number of hydrogen-bond acceptors (Lipinski definition) is 3. The summed E-state index contributed by atoms with van der Waals surface area (Å²) >= 11 is 4.22. The average molecular weight is 270 g/mol. The monoisotopic (exact) mass is 270 g/mol. The Labute approximate surface area is 79.4 Å². The SMILES string of the molecule is ICCCNC1=NCCS1. The third-order valence-corrected chi connectivity index (χ3v) is 2.87. The fourth-order valence-electron chi connectivity index (χ4n) is 0.704. The molecule has 0 bridgehead atoms. The zero-order valence-corrected chi connectivity index (χ0v) is 8.74. The second-order valence-electron chi connectivity index (χ2n) is 2.00. The topological polar surface area (TPSA) is 24.4 Å². The van der Waals surface area contributed by atoms with E-state index in [4.69, 9.17) is 0 Å². The molecule has 0 saturated heterocycles. The van der Waals surface area contributed by atoms with Gasteiger partial charge in [0.1, 0.15) is 0 Å². The number of rotatable bonds is 3. The van der Waals surface area contributed by atoms with E-state index in [1.54, 1.807) is 0 Å². The van der Waals surface area contributed by atoms with Gasteiger partial charge in [0.2, 0.25) is 0 Å². The quantitative estimate of drug-likeness (QED) is 0.477. The van der Waals surface area contributed by atoms with Crippen molar-refractivity contribution < 1.29 is 0 Å². The van der Waals surface area contributed by atoms with Gasteiger partial charge in [-0.3, -0.25) is 4.99 Å². The Kier molecular flexibility index (Phi) is 4.52. The van der Waals surface area contributed by atoms with E-state index in [1.807, 2.05) is 11.8 Å². The Bertz CT molecular complexity index is 127. The molecule has 0 aliphatic carbocycles. The van der Waals surface area contributed by atoms with Gasteiger partial charge in [-0.2, -0.15) is 0 Å². The summed E-state index contributed by atoms with van der Waals surface area (Å²) in [6.07, 6.45) is 1.24. The van der Waals surface area contributed by atoms with Crippen LogP contribution in [0.2, 0.25) is 0 Å². The number of nitrogens with zero attached hydrogens (tertiary/aromatic N) is 1. The van der Waals surface area contributed by atoms with Crippen LogP contribution in [0.1, 0.15) is 6.42 Å². The molecule has 1 aliphatic rings. The zero-order valence-electron chi connectivity index (χ0n) is 5.77. The molecule has 0 amide bonds. The molecule has 0 fully saturated rings. The van der Waals surface area contributed by atoms with Crippen LogP contribution >= 0.6 is 34.4 Å². The van der Waals surface area contributed by atoms with Crippen molar-refractivity contribution in [2.45, 2.75) is 6.42 Å². The van der Waals surface area contributed by atoms with Crippen LogP contribution in [0.25, 0.3) is 0 Å². The standard InChI is InChI=1S/C6H11IN2S/c7-2-1-3-8-6-9-4-5-10-6/h1-5H2,(H,8,9). The van der Waals surface area contributed by atoms with Crippen molar-refractivity contribution in [2.75, 3.05) is 23.3 Å². The molecular weight excluding hydrogens is 259 g/mol. The molecule has 0 aromatic carbocycles. The minimum atomic E-state index is 0.997. The maximum Gasteiger partial charge on any atom is 0.156 e. The molecule has 1 heterocycles. The molecule has 4 heteroatoms. The molecule has 0 aromatic heterocycles. The summed E-state index contributed by atoms with van der Waals surface area (Å²) in [6, 6.07) is 0. The van der Waals surface area contributed by atoms with Gasteiger partial charge >= 0.3 is 0 Å². The highest BCUT2D eigenvalue weighted by molar-refractivity contribution is 14.1. The van der Waals surface area contributed by atoms with Crippen LogP contribution in [0.3, 0.4) is 0 Å². The maximum absolute atomic E-state index is 4.27. The first kappa shape index (κ1) is 8.64. The Morgan fingerprint density at radius 3 is 3.20 bits per heavy atom. The number of halogens is 1. The molecule has 1 aliphatic heterocycles. The predicted octanol–water partition coefficient (Wildman–Crippen LogP) is 1.50. The van der Waals surface area contributed by atoms with E-state index in [-0.39, 0.29) is 0 Å². The number of hydrogen-bond donors (Lipinski definition) is 1. The van der Waals surface area contributed by atoms with E-state index in [1.165, 1.54) is 10.8 Å². The Balaban J connectivity index is 2.01. The molecule has 0 spiro atoms. The second-order valence-corrected chi connectivity index (χ2v) is 4.17. The Morgan fingerprint density at radius 2 is 2.60 bits per heavy atom. The van der Waals surface area contributed by atoms with Gasteiger partial charge in [-0.15, -0.1) is 0 Å². The van der Waals surface area contributed by atoms with E-state index in [2.05, 4.69) is 32.9 Å². The van der Waals surface area contributed by atoms with Gasteiger partial charge in [0.15, 0.2) is 5.17 Å². The third-order valence-electron chi connectivity index (χ3n) is 1.17. The van der Waals surface area contributed by atoms with Crippen LogP contribution in [0, 0.1) is 0 Å². The molecular formula is C6H11IN2S. The number of aliphatic imine (C=N–C) groups is 1. The van der Waals surface area contributed by atoms with Gasteiger partial charge in [0.25, 0.3) is 0 Å². The van der Waals surface area contributed by atoms with Crippen LogP contribution in [-0.4, -0.2) is 28.4 Å². The lowest BCUT2D eigenvalue weighted by Gasteiger charge is -2.01. The smallest absolute Gasteiger partial charge is 0.156 e. The number of nitrogens with one attached hydrogen (secondary N) is 1. The minimum Gasteiger partial charge on any atom is -0.365 e. The van der Waals surface area contributed by atoms with Gasteiger partial charge in [0, 0.05) is 16.7 Å². The highest BCUT2D eigenvalue weighted by Gasteiger charge is 2.04. The van der Waals surface area contributed by atoms with E-state index < -0.39 is 0 Å². The molecule has 10 heavy (non-hydrogen) atoms. The fraction of sp³-hybridized carbons (Fsp3) is 0.833. The van der Waals surface area contributed by atoms with Crippen molar-refractivity contribution >= 4 is 39.5 Å². The second kappa shape index (κ2) is 5.23. The molecule has 0 aromatic rings. The van der Waals surface area contributed by atoms with Crippen molar-refractivity contribution in [1.29, 1.82) is 0 Å². The van der Waals surface area contributed by atoms with E-state index in [0.29, 0.717) is 0 Å². The summed E-state index contributed by atoms with van der Waals surface area (Å²) in [5.41, 5.74) is 0. The molecule has 0 radical (unpaired) electrons. The first-order valence-electron chi connectivity index (χ1n) is 3.40. The lowest BCUT2D eigenvalue weighted by atomic mass is 10.5. The number of alkyl halides is 1. The minimum absolute atomic E-state index is 0.997. The van der Waals surface area contributed by atoms with E-state index in [9.17, 15) is 0 Å². The lowest BCUT2D eigenvalue weighted by Crippen LogP contribution is -2.20. The number of amidine groups is 1. The number of thioether (sulfide) groups is 1. The van der Waals surface area contributed by atoms with E-state index in [0.717, 1.165) is 24.0 Å². The Morgan fingerprint density at radius 1 is 1.70 bits per heavy atom. The van der Waals surface area contributed by atoms with Crippen LogP contribution in [0.5, 0.6) is 0 Å². The largest absolute Gasteiger partial charge is 0.365 e. The van der Waals surface area contributed by atoms with Crippen molar-refractivity contribution in [2.24, 2.45) is 4.99 Å². The van der Waals surface area contributed by atoms with Crippen LogP contribution in [0.15, 0.2) is 4.99 Å². The molecule has 1 rings (SSSR count). The van der Waals surface area contributed by atoms with Crippen molar-refractivity contribution in [1.82, 2.24) is 5.32 Å². The molecule has 0 saturated carbocycles. The van der Waals surface area contributed by atoms with Crippen molar-refractivity contribution in [3.63, 3.8) is 0 Å². The van der Waals surface area contributed by atoms with Gasteiger partial charge in [-0.1, -0.05) is 34.4 Å². The molecule has 2 nitrogen and oxygen atoms in total. The molecule has 58 valence electrons. The van der Waals surface area contributed by atoms with Crippen molar-refractivity contribution in [3.05, 3.63) is 0 Å². The van der Waals surface area contributed by atoms with Gasteiger partial charge in [0.05, 0.1) is 6.54 Å². The molecule has 1 N–H and O–H groups in total. The summed E-state index contributed by atoms with van der Waals surface area (Å²) in [6.45, 7) is 2.08. The summed E-state index contributed by atoms with van der Waals surface area (Å²) < 4.78 is 1.22. The van der Waals surface area contributed by atoms with Crippen LogP contribution in [-0.2, 0) is 0 Å². The maximum atomic E-state index is 4.27. The molecule has 0 atom stereocenters. The first-order valence-corrected chi connectivity index (χ1v) is 5.91. The first-order chi connectivity index (χ1) is 4.93. The zero-order chi connectivity index (χ0) is 7.23. The summed E-state index contributed by atoms with van der Waals surface area (Å²) in [5, 5.41) is 4.43. The van der Waals surface area contributed by atoms with Crippen LogP contribution in [0.4, 0.5) is 0 Å². The summed E-state index contributed by atoms with van der Waals surface area (Å²) in [4.78, 5) is 4.27. The van der Waals surface area contributed by atoms with Crippen LogP contribution < -0.4 is 5.32 Å². The van der Waals surface area contributed by atoms with Gasteiger partial charge < -0.3 is 5.32 Å². The van der Waals surface area contributed by atoms with E-state index >= 15 is 0 Å². The van der Waals surface area contributed by atoms with Crippen molar-refractivity contribution in [3.8, 4) is 0 Å².